The van der Waals surface area contributed by atoms with Gasteiger partial charge in [0.2, 0.25) is 0 Å². The molecule has 0 aromatic carbocycles. The molecule has 25 heavy (non-hydrogen) atoms. The maximum atomic E-state index is 12.1. The van der Waals surface area contributed by atoms with Crippen molar-refractivity contribution in [2.24, 2.45) is 0 Å². The van der Waals surface area contributed by atoms with Crippen LogP contribution in [-0.2, 0) is 33.3 Å². The molecule has 0 aliphatic rings. The molecule has 0 aliphatic heterocycles. The molecule has 0 radical (unpaired) electrons. The highest BCUT2D eigenvalue weighted by Crippen LogP contribution is 1.99. The van der Waals surface area contributed by atoms with Crippen LogP contribution in [0.1, 0.15) is 13.8 Å². The minimum atomic E-state index is -1.52. The van der Waals surface area contributed by atoms with Crippen LogP contribution in [0.4, 0.5) is 0 Å². The number of nitrogens with zero attached hydrogens (tertiary/aromatic N) is 1. The largest absolute Gasteiger partial charge is 0.460 e. The van der Waals surface area contributed by atoms with Crippen molar-refractivity contribution in [3.8, 4) is 0 Å². The smallest absolute Gasteiger partial charge is 0.331 e. The van der Waals surface area contributed by atoms with Crippen LogP contribution >= 0.6 is 0 Å². The van der Waals surface area contributed by atoms with Gasteiger partial charge in [0, 0.05) is 39.5 Å². The molecule has 0 aliphatic carbocycles. The first-order valence-corrected chi connectivity index (χ1v) is 7.82. The minimum absolute atomic E-state index is 0.268. The van der Waals surface area contributed by atoms with Gasteiger partial charge in [-0.05, 0) is 13.8 Å². The standard InChI is InChI=1S/C16H27NO8/c1-12(2)25-15(20)6-5-14(19)24-11-13(18)16(21)17(7-9-22-3)8-10-23-4/h5-6,12-13,18H,7-11H2,1-4H3/b6-5+. The molecule has 0 heterocycles. The Balaban J connectivity index is 4.41. The fraction of sp³-hybridized carbons (Fsp3) is 0.688. The Morgan fingerprint density at radius 1 is 1.00 bits per heavy atom. The zero-order chi connectivity index (χ0) is 19.2. The van der Waals surface area contributed by atoms with Crippen molar-refractivity contribution in [3.63, 3.8) is 0 Å². The summed E-state index contributed by atoms with van der Waals surface area (Å²) in [6, 6.07) is 0. The lowest BCUT2D eigenvalue weighted by molar-refractivity contribution is -0.151. The number of esters is 2. The van der Waals surface area contributed by atoms with Gasteiger partial charge in [-0.15, -0.1) is 0 Å². The summed E-state index contributed by atoms with van der Waals surface area (Å²) in [5.74, 6) is -2.16. The minimum Gasteiger partial charge on any atom is -0.460 e. The fourth-order valence-electron chi connectivity index (χ4n) is 1.63. The van der Waals surface area contributed by atoms with Gasteiger partial charge in [-0.25, -0.2) is 9.59 Å². The normalized spacial score (nSPS) is 12.2. The van der Waals surface area contributed by atoms with E-state index >= 15 is 0 Å². The van der Waals surface area contributed by atoms with E-state index in [2.05, 4.69) is 0 Å². The Hall–Kier alpha value is -1.97. The van der Waals surface area contributed by atoms with Gasteiger partial charge in [0.25, 0.3) is 5.91 Å². The summed E-state index contributed by atoms with van der Waals surface area (Å²) in [4.78, 5) is 36.2. The lowest BCUT2D eigenvalue weighted by Crippen LogP contribution is -2.44. The van der Waals surface area contributed by atoms with E-state index in [1.165, 1.54) is 19.1 Å². The maximum Gasteiger partial charge on any atom is 0.331 e. The van der Waals surface area contributed by atoms with Crippen LogP contribution in [0.5, 0.6) is 0 Å². The molecule has 1 amide bonds. The average molecular weight is 361 g/mol. The Kier molecular flexibility index (Phi) is 12.3. The number of rotatable bonds is 12. The number of methoxy groups -OCH3 is 2. The molecule has 0 spiro atoms. The van der Waals surface area contributed by atoms with Crippen molar-refractivity contribution in [2.75, 3.05) is 47.1 Å². The summed E-state index contributed by atoms with van der Waals surface area (Å²) < 4.78 is 19.4. The van der Waals surface area contributed by atoms with Gasteiger partial charge in [0.1, 0.15) is 6.61 Å². The molecule has 0 saturated heterocycles. The first-order valence-electron chi connectivity index (χ1n) is 7.82. The number of amides is 1. The molecule has 0 fully saturated rings. The molecule has 0 aromatic heterocycles. The zero-order valence-electron chi connectivity index (χ0n) is 15.1. The summed E-state index contributed by atoms with van der Waals surface area (Å²) in [6.45, 7) is 3.94. The summed E-state index contributed by atoms with van der Waals surface area (Å²) in [6.07, 6.45) is -0.0401. The number of ether oxygens (including phenoxy) is 4. The SMILES string of the molecule is COCCN(CCOC)C(=O)C(O)COC(=O)/C=C/C(=O)OC(C)C. The summed E-state index contributed by atoms with van der Waals surface area (Å²) in [5.41, 5.74) is 0. The highest BCUT2D eigenvalue weighted by molar-refractivity contribution is 5.92. The average Bonchev–Trinajstić information content (AvgIpc) is 2.56. The van der Waals surface area contributed by atoms with Gasteiger partial charge in [-0.3, -0.25) is 4.79 Å². The molecule has 1 atom stereocenters. The summed E-state index contributed by atoms with van der Waals surface area (Å²) in [7, 11) is 2.99. The number of aliphatic hydroxyl groups is 1. The van der Waals surface area contributed by atoms with E-state index in [1.54, 1.807) is 13.8 Å². The number of hydrogen-bond donors (Lipinski definition) is 1. The van der Waals surface area contributed by atoms with Crippen molar-refractivity contribution < 1.29 is 38.4 Å². The van der Waals surface area contributed by atoms with Crippen LogP contribution < -0.4 is 0 Å². The van der Waals surface area contributed by atoms with E-state index in [4.69, 9.17) is 18.9 Å². The quantitative estimate of drug-likeness (QED) is 0.366. The van der Waals surface area contributed by atoms with Crippen LogP contribution in [0.2, 0.25) is 0 Å². The fourth-order valence-corrected chi connectivity index (χ4v) is 1.63. The number of aliphatic hydroxyl groups excluding tert-OH is 1. The van der Waals surface area contributed by atoms with Crippen LogP contribution in [0.3, 0.4) is 0 Å². The van der Waals surface area contributed by atoms with Gasteiger partial charge in [-0.2, -0.15) is 0 Å². The van der Waals surface area contributed by atoms with Crippen LogP contribution in [0.25, 0.3) is 0 Å². The highest BCUT2D eigenvalue weighted by Gasteiger charge is 2.23. The lowest BCUT2D eigenvalue weighted by Gasteiger charge is -2.24. The molecule has 0 bridgehead atoms. The number of carbonyl (C=O) groups is 3. The van der Waals surface area contributed by atoms with Crippen molar-refractivity contribution in [1.82, 2.24) is 4.90 Å². The predicted octanol–water partition coefficient (Wildman–Crippen LogP) is -0.480. The molecular formula is C16H27NO8. The van der Waals surface area contributed by atoms with Gasteiger partial charge >= 0.3 is 11.9 Å². The van der Waals surface area contributed by atoms with Crippen molar-refractivity contribution in [1.29, 1.82) is 0 Å². The maximum absolute atomic E-state index is 12.1. The van der Waals surface area contributed by atoms with E-state index in [-0.39, 0.29) is 19.2 Å². The summed E-state index contributed by atoms with van der Waals surface area (Å²) in [5, 5.41) is 9.87. The zero-order valence-corrected chi connectivity index (χ0v) is 15.1. The molecule has 0 aromatic rings. The topological polar surface area (TPSA) is 112 Å². The number of carbonyl (C=O) groups excluding carboxylic acids is 3. The highest BCUT2D eigenvalue weighted by atomic mass is 16.5. The Morgan fingerprint density at radius 2 is 1.52 bits per heavy atom. The molecule has 1 N–H and O–H groups in total. The second-order valence-electron chi connectivity index (χ2n) is 5.28. The molecule has 9 heteroatoms. The van der Waals surface area contributed by atoms with Crippen LogP contribution in [-0.4, -0.2) is 87.2 Å². The third-order valence-electron chi connectivity index (χ3n) is 2.82. The predicted molar refractivity (Wildman–Crippen MR) is 87.7 cm³/mol. The van der Waals surface area contributed by atoms with Gasteiger partial charge < -0.3 is 29.0 Å². The molecule has 0 saturated carbocycles. The van der Waals surface area contributed by atoms with Crippen molar-refractivity contribution >= 4 is 17.8 Å². The van der Waals surface area contributed by atoms with E-state index < -0.39 is 30.6 Å². The van der Waals surface area contributed by atoms with Gasteiger partial charge in [0.15, 0.2) is 6.10 Å². The Morgan fingerprint density at radius 3 is 2.00 bits per heavy atom. The van der Waals surface area contributed by atoms with E-state index in [9.17, 15) is 19.5 Å². The Bertz CT molecular complexity index is 441. The third kappa shape index (κ3) is 11.2. The van der Waals surface area contributed by atoms with Gasteiger partial charge in [-0.1, -0.05) is 0 Å². The van der Waals surface area contributed by atoms with Crippen LogP contribution in [0.15, 0.2) is 12.2 Å². The first kappa shape index (κ1) is 23.0. The Labute approximate surface area is 147 Å². The number of hydrogen-bond acceptors (Lipinski definition) is 8. The molecule has 1 unspecified atom stereocenters. The molecular weight excluding hydrogens is 334 g/mol. The van der Waals surface area contributed by atoms with Crippen molar-refractivity contribution in [2.45, 2.75) is 26.1 Å². The second-order valence-corrected chi connectivity index (χ2v) is 5.28. The molecule has 144 valence electrons. The van der Waals surface area contributed by atoms with Crippen LogP contribution in [0, 0.1) is 0 Å². The van der Waals surface area contributed by atoms with E-state index in [0.717, 1.165) is 12.2 Å². The monoisotopic (exact) mass is 361 g/mol. The van der Waals surface area contributed by atoms with Crippen molar-refractivity contribution in [3.05, 3.63) is 12.2 Å². The lowest BCUT2D eigenvalue weighted by atomic mass is 10.3. The van der Waals surface area contributed by atoms with E-state index in [0.29, 0.717) is 13.2 Å². The summed E-state index contributed by atoms with van der Waals surface area (Å²) >= 11 is 0. The second kappa shape index (κ2) is 13.3. The molecule has 0 rings (SSSR count). The third-order valence-corrected chi connectivity index (χ3v) is 2.82. The molecule has 9 nitrogen and oxygen atoms in total. The van der Waals surface area contributed by atoms with E-state index in [1.807, 2.05) is 0 Å². The first-order chi connectivity index (χ1) is 11.8. The van der Waals surface area contributed by atoms with Gasteiger partial charge in [0.05, 0.1) is 19.3 Å².